The lowest BCUT2D eigenvalue weighted by Crippen LogP contribution is -2.45. The number of hydrogen-bond acceptors (Lipinski definition) is 4. The Morgan fingerprint density at radius 1 is 1.53 bits per heavy atom. The summed E-state index contributed by atoms with van der Waals surface area (Å²) in [7, 11) is 0. The van der Waals surface area contributed by atoms with Crippen molar-refractivity contribution in [2.45, 2.75) is 25.4 Å². The molecule has 7 heteroatoms. The van der Waals surface area contributed by atoms with Crippen LogP contribution in [0.25, 0.3) is 0 Å². The molecule has 6 nitrogen and oxygen atoms in total. The first kappa shape index (κ1) is 14.0. The van der Waals surface area contributed by atoms with Gasteiger partial charge in [-0.15, -0.1) is 0 Å². The summed E-state index contributed by atoms with van der Waals surface area (Å²) in [5.41, 5.74) is 0.905. The summed E-state index contributed by atoms with van der Waals surface area (Å²) in [6, 6.07) is 5.19. The van der Waals surface area contributed by atoms with Crippen LogP contribution in [-0.2, 0) is 11.3 Å². The summed E-state index contributed by atoms with van der Waals surface area (Å²) in [6.07, 6.45) is 1.31. The summed E-state index contributed by atoms with van der Waals surface area (Å²) < 4.78 is 0.507. The van der Waals surface area contributed by atoms with E-state index in [4.69, 9.17) is 0 Å². The van der Waals surface area contributed by atoms with E-state index in [2.05, 4.69) is 26.6 Å². The molecule has 19 heavy (non-hydrogen) atoms. The fourth-order valence-electron chi connectivity index (χ4n) is 2.01. The van der Waals surface area contributed by atoms with Gasteiger partial charge in [-0.1, -0.05) is 12.1 Å². The molecule has 0 aliphatic carbocycles. The number of nitrogens with zero attached hydrogens (tertiary/aromatic N) is 1. The van der Waals surface area contributed by atoms with Crippen LogP contribution >= 0.6 is 15.9 Å². The van der Waals surface area contributed by atoms with Gasteiger partial charge >= 0.3 is 0 Å². The Labute approximate surface area is 118 Å². The van der Waals surface area contributed by atoms with Gasteiger partial charge in [0.1, 0.15) is 0 Å². The molecule has 2 N–H and O–H groups in total. The fourth-order valence-corrected chi connectivity index (χ4v) is 2.55. The van der Waals surface area contributed by atoms with Crippen LogP contribution in [0.15, 0.2) is 22.7 Å². The van der Waals surface area contributed by atoms with Crippen LogP contribution < -0.4 is 10.6 Å². The van der Waals surface area contributed by atoms with Crippen molar-refractivity contribution in [3.63, 3.8) is 0 Å². The first-order chi connectivity index (χ1) is 9.08. The molecule has 1 aliphatic heterocycles. The van der Waals surface area contributed by atoms with E-state index in [0.29, 0.717) is 24.0 Å². The minimum atomic E-state index is -0.408. The standard InChI is InChI=1S/C12H14BrN3O3/c13-12-8(2-1-3-10(12)16(18)19)6-14-9-4-5-11(17)15-7-9/h1-3,9,14H,4-7H2,(H,15,17). The Hall–Kier alpha value is -1.47. The van der Waals surface area contributed by atoms with Gasteiger partial charge < -0.3 is 10.6 Å². The van der Waals surface area contributed by atoms with Crippen molar-refractivity contribution in [2.24, 2.45) is 0 Å². The van der Waals surface area contributed by atoms with Crippen LogP contribution in [0.3, 0.4) is 0 Å². The number of halogens is 1. The average Bonchev–Trinajstić information content (AvgIpc) is 2.39. The van der Waals surface area contributed by atoms with Gasteiger partial charge in [0.25, 0.3) is 5.69 Å². The van der Waals surface area contributed by atoms with Crippen molar-refractivity contribution in [3.8, 4) is 0 Å². The van der Waals surface area contributed by atoms with E-state index >= 15 is 0 Å². The number of carbonyl (C=O) groups excluding carboxylic acids is 1. The van der Waals surface area contributed by atoms with Crippen LogP contribution in [-0.4, -0.2) is 23.4 Å². The average molecular weight is 328 g/mol. The molecule has 1 aromatic carbocycles. The molecule has 2 rings (SSSR count). The van der Waals surface area contributed by atoms with Crippen molar-refractivity contribution >= 4 is 27.5 Å². The summed E-state index contributed by atoms with van der Waals surface area (Å²) in [5.74, 6) is 0.0783. The zero-order valence-corrected chi connectivity index (χ0v) is 11.8. The molecule has 0 radical (unpaired) electrons. The van der Waals surface area contributed by atoms with Crippen LogP contribution in [0, 0.1) is 10.1 Å². The van der Waals surface area contributed by atoms with Crippen molar-refractivity contribution in [2.75, 3.05) is 6.54 Å². The summed E-state index contributed by atoms with van der Waals surface area (Å²) in [5, 5.41) is 16.9. The normalized spacial score (nSPS) is 19.0. The van der Waals surface area contributed by atoms with E-state index in [1.54, 1.807) is 6.07 Å². The highest BCUT2D eigenvalue weighted by Crippen LogP contribution is 2.28. The molecule has 1 unspecified atom stereocenters. The quantitative estimate of drug-likeness (QED) is 0.651. The molecule has 0 saturated carbocycles. The number of rotatable bonds is 4. The van der Waals surface area contributed by atoms with E-state index in [1.165, 1.54) is 6.07 Å². The second kappa shape index (κ2) is 6.12. The maximum atomic E-state index is 11.0. The smallest absolute Gasteiger partial charge is 0.283 e. The van der Waals surface area contributed by atoms with Crippen molar-refractivity contribution in [3.05, 3.63) is 38.3 Å². The highest BCUT2D eigenvalue weighted by molar-refractivity contribution is 9.10. The number of nitro benzene ring substituents is 1. The first-order valence-electron chi connectivity index (χ1n) is 6.00. The topological polar surface area (TPSA) is 84.3 Å². The fraction of sp³-hybridized carbons (Fsp3) is 0.417. The summed E-state index contributed by atoms with van der Waals surface area (Å²) in [4.78, 5) is 21.5. The van der Waals surface area contributed by atoms with Crippen molar-refractivity contribution in [1.29, 1.82) is 0 Å². The predicted molar refractivity (Wildman–Crippen MR) is 73.7 cm³/mol. The largest absolute Gasteiger partial charge is 0.355 e. The zero-order chi connectivity index (χ0) is 13.8. The van der Waals surface area contributed by atoms with Crippen LogP contribution in [0.1, 0.15) is 18.4 Å². The molecule has 1 heterocycles. The molecule has 1 fully saturated rings. The van der Waals surface area contributed by atoms with Gasteiger partial charge in [-0.2, -0.15) is 0 Å². The number of piperidine rings is 1. The third-order valence-electron chi connectivity index (χ3n) is 3.10. The van der Waals surface area contributed by atoms with Crippen LogP contribution in [0.5, 0.6) is 0 Å². The number of nitro groups is 1. The summed E-state index contributed by atoms with van der Waals surface area (Å²) in [6.45, 7) is 1.13. The van der Waals surface area contributed by atoms with Crippen molar-refractivity contribution < 1.29 is 9.72 Å². The Balaban J connectivity index is 1.98. The molecule has 1 amide bonds. The Morgan fingerprint density at radius 3 is 2.95 bits per heavy atom. The van der Waals surface area contributed by atoms with Crippen LogP contribution in [0.4, 0.5) is 5.69 Å². The van der Waals surface area contributed by atoms with Gasteiger partial charge in [-0.25, -0.2) is 0 Å². The third-order valence-corrected chi connectivity index (χ3v) is 4.02. The van der Waals surface area contributed by atoms with Gasteiger partial charge in [0.05, 0.1) is 9.40 Å². The molecule has 102 valence electrons. The third kappa shape index (κ3) is 3.51. The van der Waals surface area contributed by atoms with E-state index < -0.39 is 4.92 Å². The number of nitrogens with one attached hydrogen (secondary N) is 2. The number of carbonyl (C=O) groups is 1. The van der Waals surface area contributed by atoms with E-state index in [0.717, 1.165) is 12.0 Å². The second-order valence-electron chi connectivity index (χ2n) is 4.43. The highest BCUT2D eigenvalue weighted by Gasteiger charge is 2.19. The molecule has 0 spiro atoms. The monoisotopic (exact) mass is 327 g/mol. The maximum absolute atomic E-state index is 11.0. The predicted octanol–water partition coefficient (Wildman–Crippen LogP) is 1.73. The van der Waals surface area contributed by atoms with Gasteiger partial charge in [0.15, 0.2) is 0 Å². The molecule has 0 aromatic heterocycles. The zero-order valence-electron chi connectivity index (χ0n) is 10.2. The van der Waals surface area contributed by atoms with Gasteiger partial charge in [0, 0.05) is 31.6 Å². The Bertz CT molecular complexity index is 497. The van der Waals surface area contributed by atoms with Crippen molar-refractivity contribution in [1.82, 2.24) is 10.6 Å². The number of hydrogen-bond donors (Lipinski definition) is 2. The van der Waals surface area contributed by atoms with Crippen LogP contribution in [0.2, 0.25) is 0 Å². The van der Waals surface area contributed by atoms with Gasteiger partial charge in [0.2, 0.25) is 5.91 Å². The lowest BCUT2D eigenvalue weighted by molar-refractivity contribution is -0.385. The molecule has 1 aromatic rings. The van der Waals surface area contributed by atoms with Gasteiger partial charge in [-0.3, -0.25) is 14.9 Å². The first-order valence-corrected chi connectivity index (χ1v) is 6.79. The van der Waals surface area contributed by atoms with E-state index in [-0.39, 0.29) is 17.6 Å². The minimum absolute atomic E-state index is 0.0660. The molecule has 1 aliphatic rings. The Morgan fingerprint density at radius 2 is 2.32 bits per heavy atom. The Kier molecular flexibility index (Phi) is 4.49. The second-order valence-corrected chi connectivity index (χ2v) is 5.22. The van der Waals surface area contributed by atoms with E-state index in [1.807, 2.05) is 6.07 Å². The number of amides is 1. The minimum Gasteiger partial charge on any atom is -0.355 e. The van der Waals surface area contributed by atoms with Gasteiger partial charge in [-0.05, 0) is 27.9 Å². The highest BCUT2D eigenvalue weighted by atomic mass is 79.9. The molecular formula is C12H14BrN3O3. The maximum Gasteiger partial charge on any atom is 0.283 e. The molecule has 1 atom stereocenters. The summed E-state index contributed by atoms with van der Waals surface area (Å²) >= 11 is 3.27. The lowest BCUT2D eigenvalue weighted by Gasteiger charge is -2.23. The molecule has 1 saturated heterocycles. The SMILES string of the molecule is O=C1CCC(NCc2cccc([N+](=O)[O-])c2Br)CN1. The lowest BCUT2D eigenvalue weighted by atomic mass is 10.1. The number of benzene rings is 1. The molecular weight excluding hydrogens is 314 g/mol. The molecule has 0 bridgehead atoms. The van der Waals surface area contributed by atoms with E-state index in [9.17, 15) is 14.9 Å².